The van der Waals surface area contributed by atoms with Gasteiger partial charge in [-0.25, -0.2) is 4.79 Å². The Bertz CT molecular complexity index is 2260. The van der Waals surface area contributed by atoms with Crippen LogP contribution in [0.5, 0.6) is 11.5 Å². The number of hydrogen-bond acceptors (Lipinski definition) is 9. The van der Waals surface area contributed by atoms with Crippen molar-refractivity contribution in [1.82, 2.24) is 26.2 Å². The number of benzene rings is 4. The number of amides is 5. The zero-order chi connectivity index (χ0) is 45.1. The number of nitrogens with one attached hydrogen (secondary N) is 4. The van der Waals surface area contributed by atoms with Crippen molar-refractivity contribution >= 4 is 47.6 Å². The average molecular weight is 868 g/mol. The van der Waals surface area contributed by atoms with Crippen LogP contribution in [0, 0.1) is 0 Å². The molecule has 0 saturated heterocycles. The third-order valence-electron chi connectivity index (χ3n) is 10.3. The van der Waals surface area contributed by atoms with E-state index in [-0.39, 0.29) is 19.4 Å². The second-order valence-corrected chi connectivity index (χ2v) is 16.5. The lowest BCUT2D eigenvalue weighted by Gasteiger charge is -2.32. The van der Waals surface area contributed by atoms with Gasteiger partial charge in [-0.15, -0.1) is 0 Å². The molecule has 4 aromatic carbocycles. The predicted octanol–water partition coefficient (Wildman–Crippen LogP) is 6.43. The van der Waals surface area contributed by atoms with Gasteiger partial charge in [0, 0.05) is 35.3 Å². The van der Waals surface area contributed by atoms with Gasteiger partial charge in [-0.05, 0) is 124 Å². The summed E-state index contributed by atoms with van der Waals surface area (Å²) in [5, 5.41) is 11.6. The van der Waals surface area contributed by atoms with Crippen molar-refractivity contribution in [1.29, 1.82) is 0 Å². The van der Waals surface area contributed by atoms with Crippen LogP contribution >= 0.6 is 11.6 Å². The van der Waals surface area contributed by atoms with Crippen LogP contribution in [-0.4, -0.2) is 92.4 Å². The molecule has 0 spiro atoms. The second-order valence-electron chi connectivity index (χ2n) is 16.1. The number of halogens is 1. The lowest BCUT2D eigenvalue weighted by atomic mass is 9.93. The van der Waals surface area contributed by atoms with Crippen molar-refractivity contribution in [2.45, 2.75) is 83.1 Å². The molecule has 4 bridgehead atoms. The molecule has 1 aliphatic heterocycles. The number of aldehydes is 1. The van der Waals surface area contributed by atoms with Crippen molar-refractivity contribution in [2.24, 2.45) is 0 Å². The number of ether oxygens (including phenoxy) is 3. The number of carbonyl (C=O) groups is 6. The van der Waals surface area contributed by atoms with Gasteiger partial charge in [0.2, 0.25) is 17.7 Å². The largest absolute Gasteiger partial charge is 0.496 e. The molecule has 0 radical (unpaired) electrons. The number of hydrogen-bond donors (Lipinski definition) is 4. The maximum Gasteiger partial charge on any atom is 0.407 e. The van der Waals surface area contributed by atoms with E-state index in [4.69, 9.17) is 25.8 Å². The molecule has 5 rings (SSSR count). The minimum atomic E-state index is -1.33. The Morgan fingerprint density at radius 3 is 2.08 bits per heavy atom. The minimum Gasteiger partial charge on any atom is -0.496 e. The number of rotatable bonds is 13. The first-order valence-corrected chi connectivity index (χ1v) is 20.7. The zero-order valence-electron chi connectivity index (χ0n) is 36.0. The van der Waals surface area contributed by atoms with Gasteiger partial charge in [-0.3, -0.25) is 19.2 Å². The highest BCUT2D eigenvalue weighted by Crippen LogP contribution is 2.40. The van der Waals surface area contributed by atoms with E-state index < -0.39 is 59.5 Å². The number of unbranched alkanes of at least 4 members (excludes halogenated alkanes) is 1. The molecule has 15 heteroatoms. The van der Waals surface area contributed by atoms with Crippen molar-refractivity contribution in [3.05, 3.63) is 107 Å². The summed E-state index contributed by atoms with van der Waals surface area (Å²) in [6.07, 6.45) is 1.21. The Hall–Kier alpha value is -6.41. The summed E-state index contributed by atoms with van der Waals surface area (Å²) in [6, 6.07) is 20.2. The third-order valence-corrected chi connectivity index (χ3v) is 10.5. The third kappa shape index (κ3) is 12.1. The fourth-order valence-electron chi connectivity index (χ4n) is 7.11. The van der Waals surface area contributed by atoms with Crippen molar-refractivity contribution in [3.8, 4) is 33.8 Å². The maximum absolute atomic E-state index is 14.8. The number of methoxy groups -OCH3 is 2. The second kappa shape index (κ2) is 20.9. The highest BCUT2D eigenvalue weighted by Gasteiger charge is 2.36. The van der Waals surface area contributed by atoms with Gasteiger partial charge in [0.15, 0.2) is 0 Å². The molecule has 4 aromatic rings. The number of nitrogens with zero attached hydrogens (tertiary/aromatic N) is 1. The zero-order valence-corrected chi connectivity index (χ0v) is 36.8. The number of fused-ring (bicyclic) bond motifs is 5. The number of carbonyl (C=O) groups excluding carboxylic acids is 6. The van der Waals surface area contributed by atoms with E-state index in [1.807, 2.05) is 18.2 Å². The summed E-state index contributed by atoms with van der Waals surface area (Å²) in [5.74, 6) is -1.47. The van der Waals surface area contributed by atoms with Gasteiger partial charge in [-0.2, -0.15) is 0 Å². The summed E-state index contributed by atoms with van der Waals surface area (Å²) < 4.78 is 16.8. The van der Waals surface area contributed by atoms with Gasteiger partial charge in [0.25, 0.3) is 5.91 Å². The molecular weight excluding hydrogens is 814 g/mol. The Kier molecular flexibility index (Phi) is 15.7. The molecule has 62 heavy (non-hydrogen) atoms. The predicted molar refractivity (Wildman–Crippen MR) is 236 cm³/mol. The Balaban J connectivity index is 1.50. The standard InChI is InChI=1S/C47H54ClN5O9/c1-28-42(55)51-35(27-54)24-29-11-21-39(60-6)36(25-29)37-26-33(18-22-40(37)61-7)41(44(57)50-28)53(5)45(58)38(10-8-9-23-49-46(59)62-47(2,3)4)52-43(56)32-14-12-30(13-15-32)31-16-19-34(48)20-17-31/h11-22,25-28,35,38,41H,8-10,23-24H2,1-7H3,(H,49,59)(H,50,57)(H,51,55)(H,52,56)/t28-,35-,38-,41-/m0/s1. The van der Waals surface area contributed by atoms with Crippen LogP contribution in [0.1, 0.15) is 74.5 Å². The van der Waals surface area contributed by atoms with Gasteiger partial charge < -0.3 is 45.2 Å². The van der Waals surface area contributed by atoms with E-state index in [2.05, 4.69) is 21.3 Å². The topological polar surface area (TPSA) is 181 Å². The van der Waals surface area contributed by atoms with Crippen LogP contribution in [0.3, 0.4) is 0 Å². The fraction of sp³-hybridized carbons (Fsp3) is 0.362. The molecule has 0 aliphatic carbocycles. The van der Waals surface area contributed by atoms with Crippen LogP contribution in [0.25, 0.3) is 22.3 Å². The fourth-order valence-corrected chi connectivity index (χ4v) is 7.23. The van der Waals surface area contributed by atoms with Crippen molar-refractivity contribution in [3.63, 3.8) is 0 Å². The molecule has 5 amide bonds. The molecule has 14 nitrogen and oxygen atoms in total. The maximum atomic E-state index is 14.8. The lowest BCUT2D eigenvalue weighted by molar-refractivity contribution is -0.141. The van der Waals surface area contributed by atoms with Crippen LogP contribution in [0.4, 0.5) is 4.79 Å². The van der Waals surface area contributed by atoms with Gasteiger partial charge in [0.1, 0.15) is 41.5 Å². The molecule has 1 aliphatic rings. The molecule has 0 unspecified atom stereocenters. The molecule has 0 fully saturated rings. The van der Waals surface area contributed by atoms with Crippen LogP contribution < -0.4 is 30.7 Å². The summed E-state index contributed by atoms with van der Waals surface area (Å²) in [5.41, 5.74) is 3.62. The summed E-state index contributed by atoms with van der Waals surface area (Å²) in [7, 11) is 4.48. The lowest BCUT2D eigenvalue weighted by Crippen LogP contribution is -2.54. The van der Waals surface area contributed by atoms with Crippen molar-refractivity contribution in [2.75, 3.05) is 27.8 Å². The Morgan fingerprint density at radius 2 is 1.47 bits per heavy atom. The molecule has 1 heterocycles. The van der Waals surface area contributed by atoms with Gasteiger partial charge in [0.05, 0.1) is 20.3 Å². The first-order valence-electron chi connectivity index (χ1n) is 20.3. The summed E-state index contributed by atoms with van der Waals surface area (Å²) in [4.78, 5) is 82.1. The van der Waals surface area contributed by atoms with E-state index in [0.29, 0.717) is 57.9 Å². The Labute approximate surface area is 367 Å². The van der Waals surface area contributed by atoms with Gasteiger partial charge in [-0.1, -0.05) is 48.0 Å². The number of alkyl carbamates (subject to hydrolysis) is 1. The van der Waals surface area contributed by atoms with E-state index in [1.54, 1.807) is 87.5 Å². The van der Waals surface area contributed by atoms with Crippen LogP contribution in [0.15, 0.2) is 84.9 Å². The van der Waals surface area contributed by atoms with Crippen LogP contribution in [0.2, 0.25) is 5.02 Å². The highest BCUT2D eigenvalue weighted by atomic mass is 35.5. The number of likely N-dealkylation sites (N-methyl/N-ethyl adjacent to an activating group) is 1. The SMILES string of the molecule is COc1ccc2cc1-c1cc(ccc1OC)[C@H](N(C)C(=O)[C@H](CCCCNC(=O)OC(C)(C)C)NC(=O)c1ccc(-c3ccc(Cl)cc3)cc1)C(=O)N[C@@H](C)C(=O)N[C@H](C=O)C2. The monoisotopic (exact) mass is 867 g/mol. The van der Waals surface area contributed by atoms with Crippen molar-refractivity contribution < 1.29 is 43.0 Å². The molecule has 0 saturated carbocycles. The first-order chi connectivity index (χ1) is 29.5. The molecule has 328 valence electrons. The molecular formula is C47H54ClN5O9. The van der Waals surface area contributed by atoms with E-state index in [1.165, 1.54) is 33.1 Å². The first kappa shape index (κ1) is 46.7. The quantitative estimate of drug-likeness (QED) is 0.0870. The van der Waals surface area contributed by atoms with Crippen LogP contribution in [-0.2, 0) is 30.3 Å². The summed E-state index contributed by atoms with van der Waals surface area (Å²) in [6.45, 7) is 7.02. The molecule has 4 atom stereocenters. The smallest absolute Gasteiger partial charge is 0.407 e. The van der Waals surface area contributed by atoms with E-state index >= 15 is 0 Å². The molecule has 4 N–H and O–H groups in total. The average Bonchev–Trinajstić information content (AvgIpc) is 3.24. The van der Waals surface area contributed by atoms with Gasteiger partial charge >= 0.3 is 6.09 Å². The minimum absolute atomic E-state index is 0.145. The molecule has 0 aromatic heterocycles. The Morgan fingerprint density at radius 1 is 0.855 bits per heavy atom. The summed E-state index contributed by atoms with van der Waals surface area (Å²) >= 11 is 6.07. The van der Waals surface area contributed by atoms with E-state index in [9.17, 15) is 28.8 Å². The normalized spacial score (nSPS) is 16.9. The highest BCUT2D eigenvalue weighted by molar-refractivity contribution is 6.30. The van der Waals surface area contributed by atoms with E-state index in [0.717, 1.165) is 16.7 Å².